The number of piperidine rings is 1. The molecule has 2 aromatic rings. The van der Waals surface area contributed by atoms with Gasteiger partial charge >= 0.3 is 5.97 Å². The second-order valence-corrected chi connectivity index (χ2v) is 10.9. The number of carboxylic acids is 1. The van der Waals surface area contributed by atoms with Gasteiger partial charge in [0.1, 0.15) is 28.3 Å². The number of aromatic nitrogens is 1. The third-order valence-electron chi connectivity index (χ3n) is 6.89. The number of thioether (sulfide) groups is 1. The number of carboxylic acid groups (broad SMARTS) is 1. The molecule has 1 aromatic carbocycles. The van der Waals surface area contributed by atoms with E-state index in [9.17, 15) is 19.6 Å². The zero-order valence-electron chi connectivity index (χ0n) is 20.8. The highest BCUT2D eigenvalue weighted by Crippen LogP contribution is 2.37. The Morgan fingerprint density at radius 1 is 1.24 bits per heavy atom. The highest BCUT2D eigenvalue weighted by molar-refractivity contribution is 8.26. The van der Waals surface area contributed by atoms with E-state index >= 15 is 0 Å². The summed E-state index contributed by atoms with van der Waals surface area (Å²) in [6.07, 6.45) is 4.56. The Bertz CT molecular complexity index is 1370. The monoisotopic (exact) mass is 536 g/mol. The fraction of sp³-hybridized carbons (Fsp3) is 0.370. The van der Waals surface area contributed by atoms with E-state index in [4.69, 9.17) is 17.3 Å². The number of nitriles is 1. The largest absolute Gasteiger partial charge is 0.480 e. The molecule has 1 aromatic heterocycles. The second-order valence-electron chi connectivity index (χ2n) is 9.18. The average Bonchev–Trinajstić information content (AvgIpc) is 3.14. The number of amides is 1. The van der Waals surface area contributed by atoms with Gasteiger partial charge in [-0.3, -0.25) is 23.9 Å². The van der Waals surface area contributed by atoms with Crippen LogP contribution in [-0.4, -0.2) is 50.4 Å². The van der Waals surface area contributed by atoms with Crippen molar-refractivity contribution in [3.05, 3.63) is 67.8 Å². The van der Waals surface area contributed by atoms with E-state index in [1.54, 1.807) is 17.6 Å². The van der Waals surface area contributed by atoms with Crippen LogP contribution in [0.15, 0.2) is 40.0 Å². The third-order valence-corrected chi connectivity index (χ3v) is 8.26. The summed E-state index contributed by atoms with van der Waals surface area (Å²) in [5.41, 5.74) is 2.12. The lowest BCUT2D eigenvalue weighted by Crippen LogP contribution is -2.39. The van der Waals surface area contributed by atoms with Gasteiger partial charge < -0.3 is 10.0 Å². The van der Waals surface area contributed by atoms with E-state index in [0.29, 0.717) is 29.4 Å². The molecule has 4 rings (SSSR count). The molecule has 37 heavy (non-hydrogen) atoms. The standard InChI is InChI=1S/C27H28N4O4S2/c1-3-30-24(29-11-9-19(10-12-29)13-18-7-5-4-6-8-18)20(17(2)21(15-28)25(30)34)14-22-26(35)31(16-23(32)33)27(36)37-22/h4-8,14,19H,3,9-13,16H2,1-2H3,(H,32,33). The topological polar surface area (TPSA) is 107 Å². The highest BCUT2D eigenvalue weighted by Gasteiger charge is 2.34. The number of pyridine rings is 1. The van der Waals surface area contributed by atoms with Crippen molar-refractivity contribution in [3.8, 4) is 6.07 Å². The lowest BCUT2D eigenvalue weighted by atomic mass is 9.90. The molecule has 0 atom stereocenters. The predicted octanol–water partition coefficient (Wildman–Crippen LogP) is 3.79. The van der Waals surface area contributed by atoms with Crippen LogP contribution in [-0.2, 0) is 22.6 Å². The number of nitrogens with zero attached hydrogens (tertiary/aromatic N) is 4. The number of rotatable bonds is 7. The van der Waals surface area contributed by atoms with Crippen LogP contribution in [0.1, 0.15) is 42.0 Å². The molecule has 0 saturated carbocycles. The number of carbonyl (C=O) groups excluding carboxylic acids is 1. The quantitative estimate of drug-likeness (QED) is 0.421. The Labute approximate surface area is 225 Å². The summed E-state index contributed by atoms with van der Waals surface area (Å²) < 4.78 is 1.77. The fourth-order valence-electron chi connectivity index (χ4n) is 4.98. The molecule has 0 unspecified atom stereocenters. The first kappa shape index (κ1) is 26.6. The zero-order chi connectivity index (χ0) is 26.7. The molecule has 0 bridgehead atoms. The van der Waals surface area contributed by atoms with Crippen LogP contribution in [0.3, 0.4) is 0 Å². The summed E-state index contributed by atoms with van der Waals surface area (Å²) in [4.78, 5) is 40.9. The van der Waals surface area contributed by atoms with Gasteiger partial charge in [0, 0.05) is 25.2 Å². The molecule has 2 aliphatic heterocycles. The molecule has 3 heterocycles. The average molecular weight is 537 g/mol. The summed E-state index contributed by atoms with van der Waals surface area (Å²) in [6.45, 7) is 4.91. The minimum absolute atomic E-state index is 0.0387. The Morgan fingerprint density at radius 2 is 1.92 bits per heavy atom. The first-order valence-corrected chi connectivity index (χ1v) is 13.4. The maximum absolute atomic E-state index is 13.2. The van der Waals surface area contributed by atoms with Crippen molar-refractivity contribution in [2.24, 2.45) is 5.92 Å². The normalized spacial score (nSPS) is 17.5. The van der Waals surface area contributed by atoms with Crippen LogP contribution in [0.4, 0.5) is 5.82 Å². The number of benzene rings is 1. The first-order valence-electron chi connectivity index (χ1n) is 12.2. The number of aliphatic carboxylic acids is 1. The van der Waals surface area contributed by atoms with Gasteiger partial charge in [0.2, 0.25) is 0 Å². The molecular weight excluding hydrogens is 508 g/mol. The fourth-order valence-corrected chi connectivity index (χ4v) is 6.21. The van der Waals surface area contributed by atoms with Gasteiger partial charge in [-0.25, -0.2) is 0 Å². The van der Waals surface area contributed by atoms with Crippen molar-refractivity contribution in [1.29, 1.82) is 5.26 Å². The van der Waals surface area contributed by atoms with Crippen molar-refractivity contribution < 1.29 is 14.7 Å². The second kappa shape index (κ2) is 11.3. The first-order chi connectivity index (χ1) is 17.7. The number of carbonyl (C=O) groups is 2. The molecular formula is C27H28N4O4S2. The Balaban J connectivity index is 1.71. The molecule has 0 aliphatic carbocycles. The van der Waals surface area contributed by atoms with Crippen molar-refractivity contribution in [2.75, 3.05) is 24.5 Å². The van der Waals surface area contributed by atoms with Crippen LogP contribution in [0.25, 0.3) is 6.08 Å². The Hall–Kier alpha value is -3.42. The minimum Gasteiger partial charge on any atom is -0.480 e. The molecule has 1 amide bonds. The summed E-state index contributed by atoms with van der Waals surface area (Å²) in [5.74, 6) is -0.433. The van der Waals surface area contributed by atoms with Gasteiger partial charge in [-0.2, -0.15) is 5.26 Å². The molecule has 2 saturated heterocycles. The number of anilines is 1. The van der Waals surface area contributed by atoms with Crippen LogP contribution in [0.2, 0.25) is 0 Å². The smallest absolute Gasteiger partial charge is 0.323 e. The minimum atomic E-state index is -1.15. The summed E-state index contributed by atoms with van der Waals surface area (Å²) in [6, 6.07) is 12.4. The third kappa shape index (κ3) is 5.48. The SMILES string of the molecule is CCn1c(N2CCC(Cc3ccccc3)CC2)c(C=C2SC(=S)N(CC(=O)O)C2=O)c(C)c(C#N)c1=O. The zero-order valence-corrected chi connectivity index (χ0v) is 22.4. The predicted molar refractivity (Wildman–Crippen MR) is 148 cm³/mol. The molecule has 2 fully saturated rings. The van der Waals surface area contributed by atoms with E-state index in [2.05, 4.69) is 29.2 Å². The van der Waals surface area contributed by atoms with Crippen LogP contribution < -0.4 is 10.5 Å². The van der Waals surface area contributed by atoms with E-state index in [1.807, 2.05) is 19.1 Å². The van der Waals surface area contributed by atoms with E-state index in [1.165, 1.54) is 5.56 Å². The van der Waals surface area contributed by atoms with E-state index in [0.717, 1.165) is 49.0 Å². The molecule has 0 radical (unpaired) electrons. The number of hydrogen-bond donors (Lipinski definition) is 1. The lowest BCUT2D eigenvalue weighted by molar-refractivity contribution is -0.140. The van der Waals surface area contributed by atoms with Gasteiger partial charge in [0.05, 0.1) is 4.91 Å². The summed E-state index contributed by atoms with van der Waals surface area (Å²) in [5, 5.41) is 18.9. The van der Waals surface area contributed by atoms with Gasteiger partial charge in [0.15, 0.2) is 0 Å². The van der Waals surface area contributed by atoms with Crippen molar-refractivity contribution in [2.45, 2.75) is 39.7 Å². The van der Waals surface area contributed by atoms with Gasteiger partial charge in [0.25, 0.3) is 11.5 Å². The van der Waals surface area contributed by atoms with Crippen LogP contribution in [0, 0.1) is 24.2 Å². The summed E-state index contributed by atoms with van der Waals surface area (Å²) >= 11 is 6.28. The Morgan fingerprint density at radius 3 is 2.51 bits per heavy atom. The maximum atomic E-state index is 13.2. The number of hydrogen-bond acceptors (Lipinski definition) is 7. The van der Waals surface area contributed by atoms with Crippen molar-refractivity contribution in [3.63, 3.8) is 0 Å². The molecule has 8 nitrogen and oxygen atoms in total. The maximum Gasteiger partial charge on any atom is 0.323 e. The van der Waals surface area contributed by atoms with E-state index in [-0.39, 0.29) is 20.3 Å². The molecule has 10 heteroatoms. The van der Waals surface area contributed by atoms with Gasteiger partial charge in [-0.15, -0.1) is 0 Å². The summed E-state index contributed by atoms with van der Waals surface area (Å²) in [7, 11) is 0. The van der Waals surface area contributed by atoms with Crippen molar-refractivity contribution >= 4 is 52.1 Å². The number of thiocarbonyl (C=S) groups is 1. The van der Waals surface area contributed by atoms with Gasteiger partial charge in [-0.1, -0.05) is 54.3 Å². The molecule has 192 valence electrons. The molecule has 0 spiro atoms. The highest BCUT2D eigenvalue weighted by atomic mass is 32.2. The van der Waals surface area contributed by atoms with Gasteiger partial charge in [-0.05, 0) is 56.2 Å². The van der Waals surface area contributed by atoms with Crippen molar-refractivity contribution in [1.82, 2.24) is 9.47 Å². The Kier molecular flexibility index (Phi) is 8.15. The molecule has 2 aliphatic rings. The molecule has 1 N–H and O–H groups in total. The van der Waals surface area contributed by atoms with E-state index < -0.39 is 18.4 Å². The lowest BCUT2D eigenvalue weighted by Gasteiger charge is -2.36. The van der Waals surface area contributed by atoms with Crippen LogP contribution in [0.5, 0.6) is 0 Å². The van der Waals surface area contributed by atoms with Crippen LogP contribution >= 0.6 is 24.0 Å².